The van der Waals surface area contributed by atoms with Crippen LogP contribution in [-0.2, 0) is 24.0 Å². The first-order valence-corrected chi connectivity index (χ1v) is 17.0. The fraction of sp³-hybridized carbons (Fsp3) is 0.920. The van der Waals surface area contributed by atoms with Crippen LogP contribution in [0.25, 0.3) is 0 Å². The largest absolute Gasteiger partial charge is 0.412 e. The molecule has 3 aliphatic rings. The molecule has 1 aliphatic heterocycles. The highest BCUT2D eigenvalue weighted by Crippen LogP contribution is 2.70. The zero-order chi connectivity index (χ0) is 25.4. The second kappa shape index (κ2) is 7.89. The quantitative estimate of drug-likeness (QED) is 0.453. The average Bonchev–Trinajstić information content (AvgIpc) is 3.13. The summed E-state index contributed by atoms with van der Waals surface area (Å²) in [5, 5.41) is -0.0992. The number of nitrogens with zero attached hydrogens (tertiary/aromatic N) is 1. The van der Waals surface area contributed by atoms with Gasteiger partial charge in [-0.2, -0.15) is 0 Å². The van der Waals surface area contributed by atoms with Gasteiger partial charge in [-0.25, -0.2) is 12.7 Å². The number of fused-ring (bicyclic) bond motifs is 1. The van der Waals surface area contributed by atoms with Crippen LogP contribution in [0.4, 0.5) is 0 Å². The molecular weight excluding hydrogens is 454 g/mol. The lowest BCUT2D eigenvalue weighted by atomic mass is 9.69. The third kappa shape index (κ3) is 3.96. The average molecular weight is 500 g/mol. The molecule has 3 rings (SSSR count). The van der Waals surface area contributed by atoms with Gasteiger partial charge >= 0.3 is 0 Å². The zero-order valence-electron chi connectivity index (χ0n) is 22.4. The topological polar surface area (TPSA) is 80.8 Å². The van der Waals surface area contributed by atoms with E-state index in [2.05, 4.69) is 47.7 Å². The fourth-order valence-corrected chi connectivity index (χ4v) is 10.5. The monoisotopic (exact) mass is 499 g/mol. The number of amides is 1. The second-order valence-electron chi connectivity index (χ2n) is 13.4. The van der Waals surface area contributed by atoms with E-state index in [0.29, 0.717) is 12.3 Å². The first-order valence-electron chi connectivity index (χ1n) is 12.5. The summed E-state index contributed by atoms with van der Waals surface area (Å²) in [6.45, 7) is 20.4. The number of ketones is 1. The van der Waals surface area contributed by atoms with Crippen molar-refractivity contribution in [3.63, 3.8) is 0 Å². The van der Waals surface area contributed by atoms with E-state index >= 15 is 0 Å². The van der Waals surface area contributed by atoms with Crippen LogP contribution in [0.1, 0.15) is 87.5 Å². The van der Waals surface area contributed by atoms with Gasteiger partial charge in [0.05, 0.1) is 24.3 Å². The molecule has 190 valence electrons. The van der Waals surface area contributed by atoms with Gasteiger partial charge < -0.3 is 4.43 Å². The van der Waals surface area contributed by atoms with Crippen LogP contribution in [0.5, 0.6) is 0 Å². The molecule has 2 saturated carbocycles. The lowest BCUT2D eigenvalue weighted by Gasteiger charge is -2.44. The first kappa shape index (κ1) is 26.9. The Morgan fingerprint density at radius 1 is 1.15 bits per heavy atom. The van der Waals surface area contributed by atoms with E-state index in [4.69, 9.17) is 4.43 Å². The van der Waals surface area contributed by atoms with Crippen LogP contribution >= 0.6 is 0 Å². The Hall–Kier alpha value is -0.733. The Labute approximate surface area is 202 Å². The van der Waals surface area contributed by atoms with Gasteiger partial charge in [-0.1, -0.05) is 55.4 Å². The molecule has 1 heterocycles. The van der Waals surface area contributed by atoms with E-state index in [9.17, 15) is 18.0 Å². The minimum atomic E-state index is -3.69. The summed E-state index contributed by atoms with van der Waals surface area (Å²) < 4.78 is 34.6. The minimum Gasteiger partial charge on any atom is -0.412 e. The van der Waals surface area contributed by atoms with Gasteiger partial charge in [-0.3, -0.25) is 9.59 Å². The maximum absolute atomic E-state index is 13.8. The van der Waals surface area contributed by atoms with Crippen molar-refractivity contribution in [3.05, 3.63) is 0 Å². The van der Waals surface area contributed by atoms with Gasteiger partial charge in [-0.15, -0.1) is 0 Å². The SMILES string of the molecule is CCC(=O)C(C)(C)[C@H](CC(=O)N1[C@H]2C[C@H]3CC[C@]2(CS1(=O)=O)C3(C)C)O[Si](C)(C)C(C)(C)C. The number of hydrogen-bond donors (Lipinski definition) is 0. The molecule has 1 spiro atoms. The van der Waals surface area contributed by atoms with E-state index < -0.39 is 35.8 Å². The second-order valence-corrected chi connectivity index (χ2v) is 20.0. The van der Waals surface area contributed by atoms with E-state index in [1.807, 2.05) is 20.8 Å². The van der Waals surface area contributed by atoms with E-state index in [1.165, 1.54) is 4.31 Å². The van der Waals surface area contributed by atoms with E-state index in [1.54, 1.807) is 0 Å². The number of sulfonamides is 1. The minimum absolute atomic E-state index is 0.0285. The van der Waals surface area contributed by atoms with Crippen molar-refractivity contribution in [2.75, 3.05) is 5.75 Å². The Bertz CT molecular complexity index is 933. The highest BCUT2D eigenvalue weighted by atomic mass is 32.2. The normalized spacial score (nSPS) is 31.5. The van der Waals surface area contributed by atoms with Gasteiger partial charge in [0.25, 0.3) is 0 Å². The Morgan fingerprint density at radius 2 is 1.73 bits per heavy atom. The molecule has 1 saturated heterocycles. The molecule has 8 heteroatoms. The van der Waals surface area contributed by atoms with Crippen molar-refractivity contribution in [3.8, 4) is 0 Å². The molecule has 0 unspecified atom stereocenters. The van der Waals surface area contributed by atoms with Crippen LogP contribution in [-0.4, -0.2) is 50.6 Å². The molecule has 0 aromatic rings. The zero-order valence-corrected chi connectivity index (χ0v) is 24.2. The van der Waals surface area contributed by atoms with Gasteiger partial charge in [0.15, 0.2) is 8.32 Å². The third-order valence-electron chi connectivity index (χ3n) is 10.1. The standard InChI is InChI=1S/C25H45NO5SSi/c1-11-19(27)23(5,6)20(31-33(9,10)22(2,3)4)15-21(28)26-18-14-17-12-13-25(18,24(17,7)8)16-32(26,29)30/h17-18,20H,11-16H2,1-10H3/t17-,18+,20+,25-/m1/s1. The van der Waals surface area contributed by atoms with Gasteiger partial charge in [-0.05, 0) is 48.7 Å². The molecule has 3 fully saturated rings. The summed E-state index contributed by atoms with van der Waals surface area (Å²) in [5.74, 6) is 0.137. The number of hydrogen-bond acceptors (Lipinski definition) is 5. The first-order chi connectivity index (χ1) is 14.7. The van der Waals surface area contributed by atoms with E-state index in [-0.39, 0.29) is 39.9 Å². The summed E-state index contributed by atoms with van der Waals surface area (Å²) in [4.78, 5) is 26.7. The maximum atomic E-state index is 13.8. The van der Waals surface area contributed by atoms with Crippen LogP contribution < -0.4 is 0 Å². The predicted octanol–water partition coefficient (Wildman–Crippen LogP) is 5.14. The molecule has 2 aliphatic carbocycles. The van der Waals surface area contributed by atoms with Crippen molar-refractivity contribution >= 4 is 30.0 Å². The van der Waals surface area contributed by atoms with Crippen molar-refractivity contribution in [2.24, 2.45) is 22.2 Å². The van der Waals surface area contributed by atoms with Gasteiger partial charge in [0, 0.05) is 17.3 Å². The molecule has 0 aromatic heterocycles. The Morgan fingerprint density at radius 3 is 2.21 bits per heavy atom. The summed E-state index contributed by atoms with van der Waals surface area (Å²) in [6.07, 6.45) is 2.27. The molecule has 0 radical (unpaired) electrons. The van der Waals surface area contributed by atoms with Crippen molar-refractivity contribution < 1.29 is 22.4 Å². The fourth-order valence-electron chi connectivity index (χ4n) is 6.48. The molecule has 0 aromatic carbocycles. The lowest BCUT2D eigenvalue weighted by molar-refractivity contribution is -0.137. The van der Waals surface area contributed by atoms with Crippen LogP contribution in [0.2, 0.25) is 18.1 Å². The number of carbonyl (C=O) groups excluding carboxylic acids is 2. The number of Topliss-reactive ketones (excluding diaryl/α,β-unsaturated/α-hetero) is 1. The molecule has 6 nitrogen and oxygen atoms in total. The van der Waals surface area contributed by atoms with Gasteiger partial charge in [0.1, 0.15) is 5.78 Å². The summed E-state index contributed by atoms with van der Waals surface area (Å²) >= 11 is 0. The highest BCUT2D eigenvalue weighted by molar-refractivity contribution is 7.90. The predicted molar refractivity (Wildman–Crippen MR) is 134 cm³/mol. The maximum Gasteiger partial charge on any atom is 0.238 e. The highest BCUT2D eigenvalue weighted by Gasteiger charge is 2.72. The smallest absolute Gasteiger partial charge is 0.238 e. The van der Waals surface area contributed by atoms with Crippen LogP contribution in [0.3, 0.4) is 0 Å². The molecular formula is C25H45NO5SSi. The Balaban J connectivity index is 1.95. The van der Waals surface area contributed by atoms with Crippen LogP contribution in [0, 0.1) is 22.2 Å². The lowest BCUT2D eigenvalue weighted by Crippen LogP contribution is -2.52. The number of carbonyl (C=O) groups is 2. The molecule has 33 heavy (non-hydrogen) atoms. The summed E-state index contributed by atoms with van der Waals surface area (Å²) in [5.41, 5.74) is -1.32. The van der Waals surface area contributed by atoms with E-state index in [0.717, 1.165) is 19.3 Å². The molecule has 4 atom stereocenters. The summed E-state index contributed by atoms with van der Waals surface area (Å²) in [7, 11) is -6.01. The van der Waals surface area contributed by atoms with Crippen molar-refractivity contribution in [2.45, 2.75) is 118 Å². The summed E-state index contributed by atoms with van der Waals surface area (Å²) in [6, 6.07) is -0.262. The molecule has 2 bridgehead atoms. The third-order valence-corrected chi connectivity index (χ3v) is 16.5. The molecule has 0 N–H and O–H groups in total. The van der Waals surface area contributed by atoms with Crippen LogP contribution in [0.15, 0.2) is 0 Å². The van der Waals surface area contributed by atoms with Crippen molar-refractivity contribution in [1.82, 2.24) is 4.31 Å². The number of rotatable bonds is 7. The molecule has 1 amide bonds. The van der Waals surface area contributed by atoms with Gasteiger partial charge in [0.2, 0.25) is 15.9 Å². The Kier molecular flexibility index (Phi) is 6.42. The van der Waals surface area contributed by atoms with Crippen molar-refractivity contribution in [1.29, 1.82) is 0 Å².